The molecule has 1 fully saturated rings. The molecule has 1 aliphatic heterocycles. The molecule has 2 nitrogen and oxygen atoms in total. The number of ether oxygens (including phenoxy) is 1. The van der Waals surface area contributed by atoms with E-state index in [0.717, 1.165) is 19.4 Å². The normalized spacial score (nSPS) is 26.1. The van der Waals surface area contributed by atoms with Gasteiger partial charge in [-0.1, -0.05) is 18.2 Å². The van der Waals surface area contributed by atoms with Gasteiger partial charge in [-0.25, -0.2) is 0 Å². The van der Waals surface area contributed by atoms with Crippen molar-refractivity contribution in [2.75, 3.05) is 6.61 Å². The summed E-state index contributed by atoms with van der Waals surface area (Å²) in [6.45, 7) is 0.760. The van der Waals surface area contributed by atoms with Gasteiger partial charge in [-0.3, -0.25) is 0 Å². The molecule has 1 N–H and O–H groups in total. The molecular weight excluding hydrogens is 222 g/mol. The second-order valence-electron chi connectivity index (χ2n) is 4.27. The molecule has 2 atom stereocenters. The van der Waals surface area contributed by atoms with Crippen LogP contribution in [0.4, 0.5) is 0 Å². The van der Waals surface area contributed by atoms with Crippen molar-refractivity contribution in [2.45, 2.75) is 24.3 Å². The van der Waals surface area contributed by atoms with Crippen molar-refractivity contribution in [1.82, 2.24) is 4.98 Å². The van der Waals surface area contributed by atoms with Crippen LogP contribution in [0.1, 0.15) is 24.5 Å². The van der Waals surface area contributed by atoms with Gasteiger partial charge in [-0.15, -0.1) is 11.6 Å². The van der Waals surface area contributed by atoms with E-state index >= 15 is 0 Å². The van der Waals surface area contributed by atoms with E-state index in [9.17, 15) is 0 Å². The van der Waals surface area contributed by atoms with Gasteiger partial charge in [0, 0.05) is 23.7 Å². The molecule has 1 aliphatic rings. The summed E-state index contributed by atoms with van der Waals surface area (Å²) in [6.07, 6.45) is 3.96. The Morgan fingerprint density at radius 1 is 1.31 bits per heavy atom. The van der Waals surface area contributed by atoms with Gasteiger partial charge in [0.1, 0.15) is 0 Å². The number of alkyl halides is 1. The Kier molecular flexibility index (Phi) is 2.62. The van der Waals surface area contributed by atoms with Crippen LogP contribution < -0.4 is 0 Å². The quantitative estimate of drug-likeness (QED) is 0.751. The number of rotatable bonds is 1. The number of hydrogen-bond acceptors (Lipinski definition) is 1. The highest BCUT2D eigenvalue weighted by Gasteiger charge is 2.23. The van der Waals surface area contributed by atoms with E-state index in [4.69, 9.17) is 16.3 Å². The van der Waals surface area contributed by atoms with E-state index in [1.807, 2.05) is 6.20 Å². The average Bonchev–Trinajstić information content (AvgIpc) is 2.76. The molecule has 3 rings (SSSR count). The summed E-state index contributed by atoms with van der Waals surface area (Å²) >= 11 is 6.20. The molecule has 2 unspecified atom stereocenters. The third-order valence-electron chi connectivity index (χ3n) is 3.19. The molecule has 0 bridgehead atoms. The highest BCUT2D eigenvalue weighted by Crippen LogP contribution is 2.33. The summed E-state index contributed by atoms with van der Waals surface area (Å²) in [4.78, 5) is 3.28. The molecule has 0 aliphatic carbocycles. The summed E-state index contributed by atoms with van der Waals surface area (Å²) in [5.74, 6) is 0. The third-order valence-corrected chi connectivity index (χ3v) is 3.58. The molecule has 2 aromatic rings. The number of nitrogens with one attached hydrogen (secondary N) is 1. The van der Waals surface area contributed by atoms with Gasteiger partial charge < -0.3 is 9.72 Å². The zero-order valence-corrected chi connectivity index (χ0v) is 9.70. The Morgan fingerprint density at radius 3 is 3.12 bits per heavy atom. The molecular formula is C13H14ClNO. The van der Waals surface area contributed by atoms with Gasteiger partial charge in [-0.2, -0.15) is 0 Å². The summed E-state index contributed by atoms with van der Waals surface area (Å²) in [7, 11) is 0. The molecule has 1 aromatic heterocycles. The van der Waals surface area contributed by atoms with Crippen molar-refractivity contribution in [3.05, 3.63) is 36.0 Å². The lowest BCUT2D eigenvalue weighted by Gasteiger charge is -2.26. The van der Waals surface area contributed by atoms with Gasteiger partial charge in [0.2, 0.25) is 0 Å². The van der Waals surface area contributed by atoms with Crippen LogP contribution in [0.3, 0.4) is 0 Å². The number of aromatic amines is 1. The minimum absolute atomic E-state index is 0.138. The van der Waals surface area contributed by atoms with Gasteiger partial charge in [0.15, 0.2) is 0 Å². The van der Waals surface area contributed by atoms with Gasteiger partial charge in [0.05, 0.1) is 11.6 Å². The average molecular weight is 236 g/mol. The monoisotopic (exact) mass is 235 g/mol. The largest absolute Gasteiger partial charge is 0.373 e. The molecule has 0 radical (unpaired) electrons. The molecule has 2 heterocycles. The number of benzene rings is 1. The fourth-order valence-corrected chi connectivity index (χ4v) is 2.60. The Labute approximate surface area is 99.6 Å². The first-order valence-corrected chi connectivity index (χ1v) is 6.10. The SMILES string of the molecule is ClC1CCOC(c2cccc3cc[nH]c23)C1. The van der Waals surface area contributed by atoms with Crippen LogP contribution in [-0.2, 0) is 4.74 Å². The molecule has 0 amide bonds. The summed E-state index contributed by atoms with van der Waals surface area (Å²) in [5.41, 5.74) is 2.41. The van der Waals surface area contributed by atoms with E-state index in [0.29, 0.717) is 0 Å². The molecule has 1 saturated heterocycles. The summed E-state index contributed by atoms with van der Waals surface area (Å²) in [6, 6.07) is 8.39. The van der Waals surface area contributed by atoms with E-state index < -0.39 is 0 Å². The number of hydrogen-bond donors (Lipinski definition) is 1. The van der Waals surface area contributed by atoms with Gasteiger partial charge in [0.25, 0.3) is 0 Å². The number of H-pyrrole nitrogens is 1. The van der Waals surface area contributed by atoms with Crippen LogP contribution in [0.15, 0.2) is 30.5 Å². The number of aromatic nitrogens is 1. The second-order valence-corrected chi connectivity index (χ2v) is 4.89. The van der Waals surface area contributed by atoms with Crippen LogP contribution in [0.2, 0.25) is 0 Å². The molecule has 84 valence electrons. The van der Waals surface area contributed by atoms with E-state index in [-0.39, 0.29) is 11.5 Å². The van der Waals surface area contributed by atoms with Crippen molar-refractivity contribution >= 4 is 22.5 Å². The first-order valence-electron chi connectivity index (χ1n) is 5.66. The zero-order chi connectivity index (χ0) is 11.0. The molecule has 1 aromatic carbocycles. The fraction of sp³-hybridized carbons (Fsp3) is 0.385. The maximum Gasteiger partial charge on any atom is 0.0859 e. The van der Waals surface area contributed by atoms with Crippen LogP contribution in [0, 0.1) is 0 Å². The molecule has 3 heteroatoms. The summed E-state index contributed by atoms with van der Waals surface area (Å²) < 4.78 is 5.81. The predicted molar refractivity (Wildman–Crippen MR) is 65.9 cm³/mol. The molecule has 16 heavy (non-hydrogen) atoms. The van der Waals surface area contributed by atoms with E-state index in [1.54, 1.807) is 0 Å². The Balaban J connectivity index is 2.01. The Bertz CT molecular complexity index is 493. The third kappa shape index (κ3) is 1.72. The lowest BCUT2D eigenvalue weighted by Crippen LogP contribution is -2.20. The highest BCUT2D eigenvalue weighted by molar-refractivity contribution is 6.20. The maximum atomic E-state index is 6.20. The highest BCUT2D eigenvalue weighted by atomic mass is 35.5. The van der Waals surface area contributed by atoms with Gasteiger partial charge >= 0.3 is 0 Å². The van der Waals surface area contributed by atoms with Crippen LogP contribution >= 0.6 is 11.6 Å². The van der Waals surface area contributed by atoms with Crippen LogP contribution in [0.5, 0.6) is 0 Å². The lowest BCUT2D eigenvalue weighted by molar-refractivity contribution is 0.0177. The summed E-state index contributed by atoms with van der Waals surface area (Å²) in [5, 5.41) is 1.47. The smallest absolute Gasteiger partial charge is 0.0859 e. The number of halogens is 1. The predicted octanol–water partition coefficient (Wildman–Crippen LogP) is 3.63. The van der Waals surface area contributed by atoms with Crippen molar-refractivity contribution in [2.24, 2.45) is 0 Å². The van der Waals surface area contributed by atoms with Crippen molar-refractivity contribution in [1.29, 1.82) is 0 Å². The second kappa shape index (κ2) is 4.11. The molecule has 0 spiro atoms. The van der Waals surface area contributed by atoms with Crippen LogP contribution in [0.25, 0.3) is 10.9 Å². The fourth-order valence-electron chi connectivity index (χ4n) is 2.35. The van der Waals surface area contributed by atoms with Crippen molar-refractivity contribution in [3.8, 4) is 0 Å². The topological polar surface area (TPSA) is 25.0 Å². The Hall–Kier alpha value is -0.990. The first kappa shape index (κ1) is 10.2. The Morgan fingerprint density at radius 2 is 2.25 bits per heavy atom. The van der Waals surface area contributed by atoms with E-state index in [2.05, 4.69) is 29.2 Å². The lowest BCUT2D eigenvalue weighted by atomic mass is 9.99. The molecule has 0 saturated carbocycles. The minimum atomic E-state index is 0.138. The maximum absolute atomic E-state index is 6.20. The number of para-hydroxylation sites is 1. The number of fused-ring (bicyclic) bond motifs is 1. The van der Waals surface area contributed by atoms with Crippen molar-refractivity contribution in [3.63, 3.8) is 0 Å². The van der Waals surface area contributed by atoms with E-state index in [1.165, 1.54) is 16.5 Å². The van der Waals surface area contributed by atoms with Crippen molar-refractivity contribution < 1.29 is 4.74 Å². The zero-order valence-electron chi connectivity index (χ0n) is 8.95. The minimum Gasteiger partial charge on any atom is -0.373 e. The first-order chi connectivity index (χ1) is 7.84. The van der Waals surface area contributed by atoms with Crippen LogP contribution in [-0.4, -0.2) is 17.0 Å². The standard InChI is InChI=1S/C13H14ClNO/c14-10-5-7-16-12(8-10)11-3-1-2-9-4-6-15-13(9)11/h1-4,6,10,12,15H,5,7-8H2. The van der Waals surface area contributed by atoms with Gasteiger partial charge in [-0.05, 0) is 24.3 Å².